The molecule has 1 atom stereocenters. The van der Waals surface area contributed by atoms with Gasteiger partial charge in [-0.05, 0) is 35.2 Å². The summed E-state index contributed by atoms with van der Waals surface area (Å²) in [7, 11) is 0. The first-order valence-electron chi connectivity index (χ1n) is 9.99. The van der Waals surface area contributed by atoms with Crippen LogP contribution in [-0.4, -0.2) is 40.3 Å². The number of aromatic amines is 1. The van der Waals surface area contributed by atoms with E-state index in [9.17, 15) is 14.4 Å². The van der Waals surface area contributed by atoms with Gasteiger partial charge in [0.15, 0.2) is 0 Å². The molecule has 3 aromatic rings. The molecular formula is C23H24N4O3. The zero-order chi connectivity index (χ0) is 21.3. The Morgan fingerprint density at radius 2 is 1.93 bits per heavy atom. The number of fused-ring (bicyclic) bond motifs is 1. The van der Waals surface area contributed by atoms with Crippen molar-refractivity contribution in [2.24, 2.45) is 0 Å². The number of carbonyl (C=O) groups is 3. The van der Waals surface area contributed by atoms with Gasteiger partial charge in [-0.1, -0.05) is 44.2 Å². The zero-order valence-corrected chi connectivity index (χ0v) is 16.9. The van der Waals surface area contributed by atoms with Gasteiger partial charge in [0, 0.05) is 29.2 Å². The van der Waals surface area contributed by atoms with E-state index in [1.54, 1.807) is 6.07 Å². The van der Waals surface area contributed by atoms with Crippen LogP contribution < -0.4 is 10.6 Å². The second-order valence-electron chi connectivity index (χ2n) is 7.82. The summed E-state index contributed by atoms with van der Waals surface area (Å²) in [5.41, 5.74) is 3.67. The number of benzene rings is 2. The number of rotatable bonds is 6. The molecule has 0 aliphatic carbocycles. The average Bonchev–Trinajstić information content (AvgIpc) is 3.24. The molecule has 1 aliphatic heterocycles. The molecule has 1 unspecified atom stereocenters. The molecule has 0 saturated carbocycles. The third-order valence-corrected chi connectivity index (χ3v) is 5.34. The normalized spacial score (nSPS) is 16.4. The van der Waals surface area contributed by atoms with Crippen LogP contribution in [0.2, 0.25) is 0 Å². The van der Waals surface area contributed by atoms with Crippen LogP contribution in [0.4, 0.5) is 10.5 Å². The van der Waals surface area contributed by atoms with Crippen molar-refractivity contribution in [2.75, 3.05) is 11.9 Å². The van der Waals surface area contributed by atoms with E-state index in [1.165, 1.54) is 0 Å². The summed E-state index contributed by atoms with van der Waals surface area (Å²) in [5.74, 6) is -0.471. The minimum absolute atomic E-state index is 0.318. The van der Waals surface area contributed by atoms with E-state index >= 15 is 0 Å². The van der Waals surface area contributed by atoms with Gasteiger partial charge in [-0.25, -0.2) is 4.79 Å². The molecule has 2 aromatic carbocycles. The molecule has 1 fully saturated rings. The fourth-order valence-corrected chi connectivity index (χ4v) is 3.71. The molecule has 0 bridgehead atoms. The zero-order valence-electron chi connectivity index (χ0n) is 16.9. The molecule has 0 radical (unpaired) electrons. The molecule has 0 spiro atoms. The summed E-state index contributed by atoms with van der Waals surface area (Å²) < 4.78 is 0. The van der Waals surface area contributed by atoms with Gasteiger partial charge >= 0.3 is 6.03 Å². The number of amides is 4. The van der Waals surface area contributed by atoms with Crippen LogP contribution in [0.15, 0.2) is 54.7 Å². The lowest BCUT2D eigenvalue weighted by molar-refractivity contribution is -0.130. The number of hydrogen-bond donors (Lipinski definition) is 3. The number of urea groups is 1. The van der Waals surface area contributed by atoms with Crippen LogP contribution in [0, 0.1) is 0 Å². The lowest BCUT2D eigenvalue weighted by Gasteiger charge is -2.14. The number of nitrogens with one attached hydrogen (secondary N) is 3. The Morgan fingerprint density at radius 1 is 1.13 bits per heavy atom. The molecular weight excluding hydrogens is 380 g/mol. The molecule has 30 heavy (non-hydrogen) atoms. The van der Waals surface area contributed by atoms with Crippen molar-refractivity contribution in [3.63, 3.8) is 0 Å². The highest BCUT2D eigenvalue weighted by molar-refractivity contribution is 6.08. The van der Waals surface area contributed by atoms with Gasteiger partial charge in [0.05, 0.1) is 0 Å². The Bertz CT molecular complexity index is 1120. The van der Waals surface area contributed by atoms with Gasteiger partial charge in [-0.15, -0.1) is 0 Å². The molecule has 1 aliphatic rings. The van der Waals surface area contributed by atoms with Crippen molar-refractivity contribution in [1.29, 1.82) is 0 Å². The van der Waals surface area contributed by atoms with Gasteiger partial charge in [0.25, 0.3) is 5.91 Å². The second kappa shape index (κ2) is 8.02. The highest BCUT2D eigenvalue weighted by Crippen LogP contribution is 2.22. The fourth-order valence-electron chi connectivity index (χ4n) is 3.71. The minimum atomic E-state index is -0.686. The van der Waals surface area contributed by atoms with Crippen LogP contribution >= 0.6 is 0 Å². The molecule has 4 amide bonds. The smallest absolute Gasteiger partial charge is 0.325 e. The molecule has 7 nitrogen and oxygen atoms in total. The van der Waals surface area contributed by atoms with Crippen LogP contribution in [0.3, 0.4) is 0 Å². The standard InChI is InChI=1S/C23H24N4O3/c1-14(2)15-6-5-7-17(10-15)25-21(28)13-27-22(29)20(26-23(27)30)11-16-12-24-19-9-4-3-8-18(16)19/h3-10,12,14,20,24H,11,13H2,1-2H3,(H,25,28)(H,26,30). The van der Waals surface area contributed by atoms with Crippen molar-refractivity contribution >= 4 is 34.4 Å². The van der Waals surface area contributed by atoms with Crippen molar-refractivity contribution in [3.8, 4) is 0 Å². The van der Waals surface area contributed by atoms with E-state index in [1.807, 2.05) is 48.7 Å². The summed E-state index contributed by atoms with van der Waals surface area (Å²) in [6.07, 6.45) is 2.21. The Morgan fingerprint density at radius 3 is 2.73 bits per heavy atom. The SMILES string of the molecule is CC(C)c1cccc(NC(=O)CN2C(=O)NC(Cc3c[nH]c4ccccc34)C2=O)c1. The van der Waals surface area contributed by atoms with E-state index in [2.05, 4.69) is 29.5 Å². The number of imide groups is 1. The van der Waals surface area contributed by atoms with Gasteiger partial charge in [0.1, 0.15) is 12.6 Å². The summed E-state index contributed by atoms with van der Waals surface area (Å²) in [5, 5.41) is 6.48. The number of para-hydroxylation sites is 1. The Kier molecular flexibility index (Phi) is 5.27. The predicted molar refractivity (Wildman–Crippen MR) is 115 cm³/mol. The van der Waals surface area contributed by atoms with Gasteiger partial charge in [0.2, 0.25) is 5.91 Å². The molecule has 1 aromatic heterocycles. The second-order valence-corrected chi connectivity index (χ2v) is 7.82. The number of H-pyrrole nitrogens is 1. The number of aromatic nitrogens is 1. The molecule has 1 saturated heterocycles. The molecule has 2 heterocycles. The molecule has 154 valence electrons. The quantitative estimate of drug-likeness (QED) is 0.550. The third kappa shape index (κ3) is 3.91. The maximum Gasteiger partial charge on any atom is 0.325 e. The molecule has 7 heteroatoms. The van der Waals surface area contributed by atoms with Crippen LogP contribution in [0.25, 0.3) is 10.9 Å². The third-order valence-electron chi connectivity index (χ3n) is 5.34. The maximum atomic E-state index is 12.8. The van der Waals surface area contributed by atoms with Crippen molar-refractivity contribution in [1.82, 2.24) is 15.2 Å². The Balaban J connectivity index is 1.41. The Hall–Kier alpha value is -3.61. The van der Waals surface area contributed by atoms with E-state index in [0.29, 0.717) is 18.0 Å². The number of carbonyl (C=O) groups excluding carboxylic acids is 3. The lowest BCUT2D eigenvalue weighted by atomic mass is 10.0. The lowest BCUT2D eigenvalue weighted by Crippen LogP contribution is -2.38. The first-order valence-corrected chi connectivity index (χ1v) is 9.99. The summed E-state index contributed by atoms with van der Waals surface area (Å²) in [6.45, 7) is 3.82. The minimum Gasteiger partial charge on any atom is -0.361 e. The van der Waals surface area contributed by atoms with Crippen molar-refractivity contribution in [3.05, 3.63) is 65.9 Å². The van der Waals surface area contributed by atoms with Crippen LogP contribution in [0.5, 0.6) is 0 Å². The van der Waals surface area contributed by atoms with E-state index < -0.39 is 23.9 Å². The Labute approximate surface area is 174 Å². The largest absolute Gasteiger partial charge is 0.361 e. The summed E-state index contributed by atoms with van der Waals surface area (Å²) in [6, 6.07) is 14.1. The summed E-state index contributed by atoms with van der Waals surface area (Å²) >= 11 is 0. The average molecular weight is 404 g/mol. The molecule has 3 N–H and O–H groups in total. The van der Waals surface area contributed by atoms with E-state index in [-0.39, 0.29) is 6.54 Å². The van der Waals surface area contributed by atoms with Crippen molar-refractivity contribution < 1.29 is 14.4 Å². The van der Waals surface area contributed by atoms with Crippen molar-refractivity contribution in [2.45, 2.75) is 32.2 Å². The maximum absolute atomic E-state index is 12.8. The number of anilines is 1. The fraction of sp³-hybridized carbons (Fsp3) is 0.261. The first-order chi connectivity index (χ1) is 14.4. The van der Waals surface area contributed by atoms with Gasteiger partial charge in [-0.2, -0.15) is 0 Å². The highest BCUT2D eigenvalue weighted by atomic mass is 16.2. The van der Waals surface area contributed by atoms with E-state index in [4.69, 9.17) is 0 Å². The topological polar surface area (TPSA) is 94.3 Å². The monoisotopic (exact) mass is 404 g/mol. The summed E-state index contributed by atoms with van der Waals surface area (Å²) in [4.78, 5) is 41.7. The first kappa shape index (κ1) is 19.7. The molecule has 4 rings (SSSR count). The van der Waals surface area contributed by atoms with E-state index in [0.717, 1.165) is 26.9 Å². The number of hydrogen-bond acceptors (Lipinski definition) is 3. The van der Waals surface area contributed by atoms with Crippen LogP contribution in [0.1, 0.15) is 30.9 Å². The number of nitrogens with zero attached hydrogens (tertiary/aromatic N) is 1. The highest BCUT2D eigenvalue weighted by Gasteiger charge is 2.39. The van der Waals surface area contributed by atoms with Gasteiger partial charge < -0.3 is 15.6 Å². The predicted octanol–water partition coefficient (Wildman–Crippen LogP) is 3.39. The van der Waals surface area contributed by atoms with Crippen LogP contribution in [-0.2, 0) is 16.0 Å². The van der Waals surface area contributed by atoms with Gasteiger partial charge in [-0.3, -0.25) is 14.5 Å².